The fourth-order valence-electron chi connectivity index (χ4n) is 3.47. The van der Waals surface area contributed by atoms with E-state index in [9.17, 15) is 26.4 Å². The van der Waals surface area contributed by atoms with Crippen LogP contribution in [0.25, 0.3) is 0 Å². The lowest BCUT2D eigenvalue weighted by atomic mass is 9.97. The minimum Gasteiger partial charge on any atom is -0.484 e. The van der Waals surface area contributed by atoms with Crippen molar-refractivity contribution in [3.05, 3.63) is 54.1 Å². The van der Waals surface area contributed by atoms with Gasteiger partial charge in [-0.1, -0.05) is 17.7 Å². The molecule has 0 aliphatic carbocycles. The molecule has 1 saturated heterocycles. The molecule has 32 heavy (non-hydrogen) atoms. The second-order valence-corrected chi connectivity index (χ2v) is 9.76. The third kappa shape index (κ3) is 5.53. The van der Waals surface area contributed by atoms with Crippen molar-refractivity contribution < 1.29 is 31.1 Å². The number of sulfonamides is 1. The minimum absolute atomic E-state index is 0.0224. The number of anilines is 1. The van der Waals surface area contributed by atoms with Gasteiger partial charge in [0.25, 0.3) is 15.9 Å². The molecule has 1 aliphatic rings. The lowest BCUT2D eigenvalue weighted by Gasteiger charge is -2.33. The standard InChI is InChI=1S/C22H25F3N2O4S/c1-16-5-11-20(12-6-16)32(29,30)26(2)18-7-9-19(10-8-18)31-15-21(28)27-13-3-4-17(14-27)22(23,24)25/h5-12,17H,3-4,13-15H2,1-2H3/t17-/m0/s1. The van der Waals surface area contributed by atoms with E-state index in [0.29, 0.717) is 17.9 Å². The van der Waals surface area contributed by atoms with Crippen LogP contribution in [0.2, 0.25) is 0 Å². The molecular weight excluding hydrogens is 445 g/mol. The topological polar surface area (TPSA) is 66.9 Å². The summed E-state index contributed by atoms with van der Waals surface area (Å²) in [6, 6.07) is 12.6. The number of piperidine rings is 1. The van der Waals surface area contributed by atoms with Crippen LogP contribution in [-0.4, -0.2) is 52.1 Å². The summed E-state index contributed by atoms with van der Waals surface area (Å²) in [6.45, 7) is 1.40. The summed E-state index contributed by atoms with van der Waals surface area (Å²) in [5.41, 5.74) is 1.34. The maximum Gasteiger partial charge on any atom is 0.393 e. The molecule has 174 valence electrons. The van der Waals surface area contributed by atoms with E-state index < -0.39 is 28.0 Å². The number of halogens is 3. The number of hydrogen-bond acceptors (Lipinski definition) is 4. The first-order valence-electron chi connectivity index (χ1n) is 10.1. The lowest BCUT2D eigenvalue weighted by Crippen LogP contribution is -2.46. The highest BCUT2D eigenvalue weighted by Crippen LogP contribution is 2.33. The Morgan fingerprint density at radius 1 is 1.12 bits per heavy atom. The Balaban J connectivity index is 1.60. The molecule has 1 amide bonds. The van der Waals surface area contributed by atoms with E-state index in [2.05, 4.69) is 0 Å². The summed E-state index contributed by atoms with van der Waals surface area (Å²) < 4.78 is 70.9. The molecule has 0 aromatic heterocycles. The first-order valence-corrected chi connectivity index (χ1v) is 11.6. The van der Waals surface area contributed by atoms with Crippen molar-refractivity contribution >= 4 is 21.6 Å². The van der Waals surface area contributed by atoms with E-state index in [1.165, 1.54) is 48.3 Å². The van der Waals surface area contributed by atoms with Crippen LogP contribution >= 0.6 is 0 Å². The van der Waals surface area contributed by atoms with E-state index in [4.69, 9.17) is 4.74 Å². The van der Waals surface area contributed by atoms with Gasteiger partial charge in [0.2, 0.25) is 0 Å². The molecule has 1 aliphatic heterocycles. The average Bonchev–Trinajstić information content (AvgIpc) is 2.77. The second kappa shape index (κ2) is 9.40. The van der Waals surface area contributed by atoms with Crippen LogP contribution in [0.1, 0.15) is 18.4 Å². The van der Waals surface area contributed by atoms with E-state index in [0.717, 1.165) is 9.87 Å². The number of carbonyl (C=O) groups excluding carboxylic acids is 1. The third-order valence-electron chi connectivity index (χ3n) is 5.48. The van der Waals surface area contributed by atoms with Gasteiger partial charge in [-0.15, -0.1) is 0 Å². The van der Waals surface area contributed by atoms with Gasteiger partial charge in [-0.3, -0.25) is 9.10 Å². The normalized spacial score (nSPS) is 17.2. The van der Waals surface area contributed by atoms with Crippen LogP contribution < -0.4 is 9.04 Å². The predicted molar refractivity (Wildman–Crippen MR) is 114 cm³/mol. The van der Waals surface area contributed by atoms with Gasteiger partial charge in [0.15, 0.2) is 6.61 Å². The van der Waals surface area contributed by atoms with E-state index in [1.54, 1.807) is 12.1 Å². The van der Waals surface area contributed by atoms with Gasteiger partial charge >= 0.3 is 6.18 Å². The van der Waals surface area contributed by atoms with Crippen molar-refractivity contribution in [2.45, 2.75) is 30.8 Å². The molecule has 1 atom stereocenters. The van der Waals surface area contributed by atoms with Gasteiger partial charge in [-0.05, 0) is 56.2 Å². The van der Waals surface area contributed by atoms with Gasteiger partial charge in [-0.2, -0.15) is 13.2 Å². The van der Waals surface area contributed by atoms with Crippen molar-refractivity contribution in [3.8, 4) is 5.75 Å². The monoisotopic (exact) mass is 470 g/mol. The van der Waals surface area contributed by atoms with Crippen molar-refractivity contribution in [3.63, 3.8) is 0 Å². The number of likely N-dealkylation sites (tertiary alicyclic amines) is 1. The Kier molecular flexibility index (Phi) is 7.02. The SMILES string of the molecule is Cc1ccc(S(=O)(=O)N(C)c2ccc(OCC(=O)N3CCC[C@H](C(F)(F)F)C3)cc2)cc1. The fourth-order valence-corrected chi connectivity index (χ4v) is 4.66. The predicted octanol–water partition coefficient (Wildman–Crippen LogP) is 4.00. The smallest absolute Gasteiger partial charge is 0.393 e. The molecule has 0 unspecified atom stereocenters. The number of carbonyl (C=O) groups is 1. The molecule has 3 rings (SSSR count). The molecular formula is C22H25F3N2O4S. The quantitative estimate of drug-likeness (QED) is 0.640. The highest BCUT2D eigenvalue weighted by atomic mass is 32.2. The molecule has 0 bridgehead atoms. The molecule has 2 aromatic carbocycles. The van der Waals surface area contributed by atoms with Crippen LogP contribution in [-0.2, 0) is 14.8 Å². The molecule has 1 heterocycles. The third-order valence-corrected chi connectivity index (χ3v) is 7.28. The summed E-state index contributed by atoms with van der Waals surface area (Å²) in [5, 5.41) is 0. The molecule has 10 heteroatoms. The number of amides is 1. The highest BCUT2D eigenvalue weighted by Gasteiger charge is 2.42. The van der Waals surface area contributed by atoms with Crippen molar-refractivity contribution in [1.29, 1.82) is 0 Å². The van der Waals surface area contributed by atoms with Crippen LogP contribution in [0.15, 0.2) is 53.4 Å². The van der Waals surface area contributed by atoms with Crippen molar-refractivity contribution in [1.82, 2.24) is 4.90 Å². The summed E-state index contributed by atoms with van der Waals surface area (Å²) in [6.07, 6.45) is -4.00. The highest BCUT2D eigenvalue weighted by molar-refractivity contribution is 7.92. The van der Waals surface area contributed by atoms with E-state index in [1.807, 2.05) is 6.92 Å². The van der Waals surface area contributed by atoms with Crippen molar-refractivity contribution in [2.75, 3.05) is 31.0 Å². The number of ether oxygens (including phenoxy) is 1. The summed E-state index contributed by atoms with van der Waals surface area (Å²) in [7, 11) is -2.31. The van der Waals surface area contributed by atoms with Crippen molar-refractivity contribution in [2.24, 2.45) is 5.92 Å². The Bertz CT molecular complexity index is 1040. The van der Waals surface area contributed by atoms with Gasteiger partial charge in [0.1, 0.15) is 5.75 Å². The largest absolute Gasteiger partial charge is 0.484 e. The summed E-state index contributed by atoms with van der Waals surface area (Å²) >= 11 is 0. The minimum atomic E-state index is -4.32. The zero-order valence-electron chi connectivity index (χ0n) is 17.8. The van der Waals surface area contributed by atoms with Crippen LogP contribution in [0.3, 0.4) is 0 Å². The van der Waals surface area contributed by atoms with Gasteiger partial charge in [0.05, 0.1) is 16.5 Å². The van der Waals surface area contributed by atoms with E-state index >= 15 is 0 Å². The zero-order valence-corrected chi connectivity index (χ0v) is 18.6. The van der Waals surface area contributed by atoms with Crippen LogP contribution in [0.5, 0.6) is 5.75 Å². The number of nitrogens with zero attached hydrogens (tertiary/aromatic N) is 2. The summed E-state index contributed by atoms with van der Waals surface area (Å²) in [4.78, 5) is 13.6. The molecule has 6 nitrogen and oxygen atoms in total. The first-order chi connectivity index (χ1) is 15.0. The molecule has 2 aromatic rings. The maximum atomic E-state index is 12.9. The van der Waals surface area contributed by atoms with Crippen LogP contribution in [0.4, 0.5) is 18.9 Å². The summed E-state index contributed by atoms with van der Waals surface area (Å²) in [5.74, 6) is -1.71. The molecule has 1 fully saturated rings. The van der Waals surface area contributed by atoms with Crippen LogP contribution in [0, 0.1) is 12.8 Å². The van der Waals surface area contributed by atoms with E-state index in [-0.39, 0.29) is 31.0 Å². The van der Waals surface area contributed by atoms with Gasteiger partial charge < -0.3 is 9.64 Å². The zero-order chi connectivity index (χ0) is 23.5. The lowest BCUT2D eigenvalue weighted by molar-refractivity contribution is -0.188. The molecule has 0 N–H and O–H groups in total. The Morgan fingerprint density at radius 2 is 1.75 bits per heavy atom. The Morgan fingerprint density at radius 3 is 2.34 bits per heavy atom. The number of rotatable bonds is 6. The first kappa shape index (κ1) is 23.9. The fraction of sp³-hybridized carbons (Fsp3) is 0.409. The average molecular weight is 471 g/mol. The Hall–Kier alpha value is -2.75. The Labute approximate surface area is 185 Å². The maximum absolute atomic E-state index is 12.9. The molecule has 0 spiro atoms. The second-order valence-electron chi connectivity index (χ2n) is 7.79. The molecule has 0 radical (unpaired) electrons. The van der Waals surface area contributed by atoms with Gasteiger partial charge in [-0.25, -0.2) is 8.42 Å². The molecule has 0 saturated carbocycles. The number of aryl methyl sites for hydroxylation is 1. The number of hydrogen-bond donors (Lipinski definition) is 0. The number of alkyl halides is 3. The number of benzene rings is 2. The van der Waals surface area contributed by atoms with Gasteiger partial charge in [0, 0.05) is 20.1 Å².